The molecule has 0 fully saturated rings. The SMILES string of the molecule is COC(=O)CNC(=O)C(C)Cn1cc(Cl)cn1. The first-order valence-electron chi connectivity index (χ1n) is 5.05. The lowest BCUT2D eigenvalue weighted by Gasteiger charge is -2.11. The van der Waals surface area contributed by atoms with Crippen molar-refractivity contribution in [2.24, 2.45) is 5.92 Å². The molecule has 0 aromatic carbocycles. The zero-order valence-corrected chi connectivity index (χ0v) is 10.4. The molecule has 1 atom stereocenters. The van der Waals surface area contributed by atoms with Gasteiger partial charge in [-0.15, -0.1) is 0 Å². The second kappa shape index (κ2) is 6.24. The zero-order valence-electron chi connectivity index (χ0n) is 9.64. The van der Waals surface area contributed by atoms with Crippen LogP contribution in [0.25, 0.3) is 0 Å². The van der Waals surface area contributed by atoms with E-state index in [2.05, 4.69) is 15.2 Å². The molecule has 0 saturated heterocycles. The second-order valence-corrected chi connectivity index (χ2v) is 4.01. The molecule has 1 heterocycles. The maximum absolute atomic E-state index is 11.6. The summed E-state index contributed by atoms with van der Waals surface area (Å²) in [5.41, 5.74) is 0. The highest BCUT2D eigenvalue weighted by molar-refractivity contribution is 6.30. The third kappa shape index (κ3) is 4.44. The molecule has 0 aliphatic rings. The summed E-state index contributed by atoms with van der Waals surface area (Å²) in [4.78, 5) is 22.4. The Bertz CT molecular complexity index is 405. The van der Waals surface area contributed by atoms with Crippen LogP contribution in [-0.2, 0) is 20.9 Å². The molecule has 0 radical (unpaired) electrons. The number of nitrogens with one attached hydrogen (secondary N) is 1. The van der Waals surface area contributed by atoms with E-state index in [0.717, 1.165) is 0 Å². The van der Waals surface area contributed by atoms with Gasteiger partial charge in [-0.2, -0.15) is 5.10 Å². The summed E-state index contributed by atoms with van der Waals surface area (Å²) in [6, 6.07) is 0. The summed E-state index contributed by atoms with van der Waals surface area (Å²) in [7, 11) is 1.27. The molecule has 94 valence electrons. The Labute approximate surface area is 104 Å². The first kappa shape index (κ1) is 13.5. The van der Waals surface area contributed by atoms with Gasteiger partial charge in [0.1, 0.15) is 6.54 Å². The van der Waals surface area contributed by atoms with E-state index < -0.39 is 5.97 Å². The second-order valence-electron chi connectivity index (χ2n) is 3.58. The predicted octanol–water partition coefficient (Wildman–Crippen LogP) is 0.462. The van der Waals surface area contributed by atoms with E-state index in [1.807, 2.05) is 0 Å². The Kier molecular flexibility index (Phi) is 4.96. The molecule has 1 aromatic heterocycles. The summed E-state index contributed by atoms with van der Waals surface area (Å²) >= 11 is 5.70. The first-order valence-corrected chi connectivity index (χ1v) is 5.43. The maximum atomic E-state index is 11.6. The number of hydrogen-bond donors (Lipinski definition) is 1. The molecule has 1 N–H and O–H groups in total. The summed E-state index contributed by atoms with van der Waals surface area (Å²) < 4.78 is 5.99. The van der Waals surface area contributed by atoms with Crippen LogP contribution in [0.4, 0.5) is 0 Å². The van der Waals surface area contributed by atoms with Gasteiger partial charge in [-0.3, -0.25) is 14.3 Å². The Hall–Kier alpha value is -1.56. The number of ether oxygens (including phenoxy) is 1. The van der Waals surface area contributed by atoms with E-state index in [1.165, 1.54) is 13.3 Å². The van der Waals surface area contributed by atoms with Crippen molar-refractivity contribution >= 4 is 23.5 Å². The molecule has 0 saturated carbocycles. The minimum absolute atomic E-state index is 0.125. The molecule has 1 rings (SSSR count). The molecule has 7 heteroatoms. The molecule has 1 unspecified atom stereocenters. The van der Waals surface area contributed by atoms with Gasteiger partial charge in [0.25, 0.3) is 0 Å². The molecule has 1 amide bonds. The molecule has 17 heavy (non-hydrogen) atoms. The van der Waals surface area contributed by atoms with Gasteiger partial charge in [0, 0.05) is 6.20 Å². The third-order valence-corrected chi connectivity index (χ3v) is 2.34. The molecule has 1 aromatic rings. The average Bonchev–Trinajstić information content (AvgIpc) is 2.70. The van der Waals surface area contributed by atoms with E-state index in [0.29, 0.717) is 11.6 Å². The Balaban J connectivity index is 2.39. The van der Waals surface area contributed by atoms with E-state index in [-0.39, 0.29) is 18.4 Å². The van der Waals surface area contributed by atoms with Crippen molar-refractivity contribution in [3.05, 3.63) is 17.4 Å². The van der Waals surface area contributed by atoms with Crippen molar-refractivity contribution in [3.63, 3.8) is 0 Å². The maximum Gasteiger partial charge on any atom is 0.325 e. The number of nitrogens with zero attached hydrogens (tertiary/aromatic N) is 2. The fourth-order valence-corrected chi connectivity index (χ4v) is 1.36. The van der Waals surface area contributed by atoms with Gasteiger partial charge in [-0.25, -0.2) is 0 Å². The van der Waals surface area contributed by atoms with Gasteiger partial charge in [0.15, 0.2) is 0 Å². The van der Waals surface area contributed by atoms with Gasteiger partial charge in [0.2, 0.25) is 5.91 Å². The first-order chi connectivity index (χ1) is 8.02. The van der Waals surface area contributed by atoms with E-state index in [4.69, 9.17) is 11.6 Å². The fourth-order valence-electron chi connectivity index (χ4n) is 1.21. The molecule has 0 aliphatic carbocycles. The van der Waals surface area contributed by atoms with Gasteiger partial charge in [-0.1, -0.05) is 18.5 Å². The highest BCUT2D eigenvalue weighted by atomic mass is 35.5. The number of rotatable bonds is 5. The molecular weight excluding hydrogens is 246 g/mol. The minimum Gasteiger partial charge on any atom is -0.468 e. The molecule has 0 aliphatic heterocycles. The molecule has 0 spiro atoms. The lowest BCUT2D eigenvalue weighted by atomic mass is 10.1. The largest absolute Gasteiger partial charge is 0.468 e. The smallest absolute Gasteiger partial charge is 0.325 e. The number of halogens is 1. The topological polar surface area (TPSA) is 73.2 Å². The Morgan fingerprint density at radius 1 is 1.65 bits per heavy atom. The summed E-state index contributed by atoms with van der Waals surface area (Å²) in [6.07, 6.45) is 3.13. The molecule has 0 bridgehead atoms. The standard InChI is InChI=1S/C10H14ClN3O3/c1-7(5-14-6-8(11)3-13-14)10(16)12-4-9(15)17-2/h3,6-7H,4-5H2,1-2H3,(H,12,16). The van der Waals surface area contributed by atoms with Crippen LogP contribution in [0.5, 0.6) is 0 Å². The number of carbonyl (C=O) groups is 2. The Morgan fingerprint density at radius 2 is 2.35 bits per heavy atom. The number of aromatic nitrogens is 2. The molecule has 6 nitrogen and oxygen atoms in total. The van der Waals surface area contributed by atoms with Crippen molar-refractivity contribution in [2.75, 3.05) is 13.7 Å². The number of hydrogen-bond acceptors (Lipinski definition) is 4. The van der Waals surface area contributed by atoms with Crippen LogP contribution in [0.1, 0.15) is 6.92 Å². The lowest BCUT2D eigenvalue weighted by Crippen LogP contribution is -2.35. The van der Waals surface area contributed by atoms with Crippen LogP contribution < -0.4 is 5.32 Å². The van der Waals surface area contributed by atoms with E-state index >= 15 is 0 Å². The number of carbonyl (C=O) groups excluding carboxylic acids is 2. The predicted molar refractivity (Wildman–Crippen MR) is 61.4 cm³/mol. The third-order valence-electron chi connectivity index (χ3n) is 2.14. The van der Waals surface area contributed by atoms with Crippen molar-refractivity contribution < 1.29 is 14.3 Å². The Morgan fingerprint density at radius 3 is 2.88 bits per heavy atom. The number of amides is 1. The van der Waals surface area contributed by atoms with Gasteiger partial charge < -0.3 is 10.1 Å². The number of esters is 1. The monoisotopic (exact) mass is 259 g/mol. The van der Waals surface area contributed by atoms with E-state index in [9.17, 15) is 9.59 Å². The van der Waals surface area contributed by atoms with Gasteiger partial charge in [-0.05, 0) is 0 Å². The van der Waals surface area contributed by atoms with Crippen LogP contribution in [-0.4, -0.2) is 35.3 Å². The summed E-state index contributed by atoms with van der Waals surface area (Å²) in [6.45, 7) is 2.02. The zero-order chi connectivity index (χ0) is 12.8. The highest BCUT2D eigenvalue weighted by Crippen LogP contribution is 2.07. The fraction of sp³-hybridized carbons (Fsp3) is 0.500. The van der Waals surface area contributed by atoms with Crippen LogP contribution in [0.3, 0.4) is 0 Å². The van der Waals surface area contributed by atoms with Gasteiger partial charge in [0.05, 0.1) is 30.8 Å². The van der Waals surface area contributed by atoms with Crippen molar-refractivity contribution in [1.82, 2.24) is 15.1 Å². The highest BCUT2D eigenvalue weighted by Gasteiger charge is 2.15. The van der Waals surface area contributed by atoms with Crippen LogP contribution in [0.2, 0.25) is 5.02 Å². The summed E-state index contributed by atoms with van der Waals surface area (Å²) in [5, 5.41) is 6.96. The molecular formula is C10H14ClN3O3. The van der Waals surface area contributed by atoms with Crippen molar-refractivity contribution in [3.8, 4) is 0 Å². The van der Waals surface area contributed by atoms with Gasteiger partial charge >= 0.3 is 5.97 Å². The van der Waals surface area contributed by atoms with Crippen LogP contribution in [0.15, 0.2) is 12.4 Å². The quantitative estimate of drug-likeness (QED) is 0.780. The summed E-state index contributed by atoms with van der Waals surface area (Å²) in [5.74, 6) is -1.02. The normalized spacial score (nSPS) is 11.9. The van der Waals surface area contributed by atoms with Crippen LogP contribution >= 0.6 is 11.6 Å². The number of methoxy groups -OCH3 is 1. The lowest BCUT2D eigenvalue weighted by molar-refractivity contribution is -0.141. The van der Waals surface area contributed by atoms with E-state index in [1.54, 1.807) is 17.8 Å². The average molecular weight is 260 g/mol. The van der Waals surface area contributed by atoms with Crippen molar-refractivity contribution in [2.45, 2.75) is 13.5 Å². The van der Waals surface area contributed by atoms with Crippen molar-refractivity contribution in [1.29, 1.82) is 0 Å². The van der Waals surface area contributed by atoms with Crippen LogP contribution in [0, 0.1) is 5.92 Å². The minimum atomic E-state index is -0.479.